The van der Waals surface area contributed by atoms with E-state index in [0.29, 0.717) is 25.1 Å². The van der Waals surface area contributed by atoms with Gasteiger partial charge in [0.15, 0.2) is 0 Å². The van der Waals surface area contributed by atoms with Crippen LogP contribution in [0.15, 0.2) is 24.8 Å². The van der Waals surface area contributed by atoms with Gasteiger partial charge in [0.05, 0.1) is 0 Å². The largest absolute Gasteiger partial charge is 0.353 e. The first kappa shape index (κ1) is 12.4. The molecule has 0 atom stereocenters. The number of rotatable bonds is 6. The lowest BCUT2D eigenvalue weighted by atomic mass is 10.3. The molecule has 0 rings (SSSR count). The van der Waals surface area contributed by atoms with E-state index in [9.17, 15) is 9.59 Å². The summed E-state index contributed by atoms with van der Waals surface area (Å²) in [5.41, 5.74) is 0.486. The van der Waals surface area contributed by atoms with Gasteiger partial charge in [0.1, 0.15) is 0 Å². The van der Waals surface area contributed by atoms with Crippen molar-refractivity contribution in [2.75, 3.05) is 13.1 Å². The van der Waals surface area contributed by atoms with Crippen LogP contribution in [0.3, 0.4) is 0 Å². The summed E-state index contributed by atoms with van der Waals surface area (Å²) in [6.45, 7) is 9.53. The molecule has 0 unspecified atom stereocenters. The van der Waals surface area contributed by atoms with E-state index >= 15 is 0 Å². The van der Waals surface area contributed by atoms with Crippen molar-refractivity contribution in [3.05, 3.63) is 24.8 Å². The average molecular weight is 196 g/mol. The molecule has 4 heteroatoms. The number of carbonyl (C=O) groups is 2. The zero-order valence-electron chi connectivity index (χ0n) is 8.43. The fraction of sp³-hybridized carbons (Fsp3) is 0.400. The Morgan fingerprint density at radius 1 is 1.29 bits per heavy atom. The summed E-state index contributed by atoms with van der Waals surface area (Å²) < 4.78 is 0. The molecular weight excluding hydrogens is 180 g/mol. The second kappa shape index (κ2) is 6.88. The Labute approximate surface area is 84.1 Å². The van der Waals surface area contributed by atoms with E-state index in [1.54, 1.807) is 6.92 Å². The maximum Gasteiger partial charge on any atom is 0.246 e. The van der Waals surface area contributed by atoms with E-state index < -0.39 is 0 Å². The first-order chi connectivity index (χ1) is 6.57. The number of hydrogen-bond acceptors (Lipinski definition) is 2. The summed E-state index contributed by atoms with van der Waals surface area (Å²) in [5, 5.41) is 5.26. The van der Waals surface area contributed by atoms with E-state index in [0.717, 1.165) is 0 Å². The maximum atomic E-state index is 11.0. The Balaban J connectivity index is 3.38. The molecule has 78 valence electrons. The topological polar surface area (TPSA) is 58.2 Å². The van der Waals surface area contributed by atoms with E-state index in [-0.39, 0.29) is 11.8 Å². The Kier molecular flexibility index (Phi) is 6.11. The molecule has 0 heterocycles. The summed E-state index contributed by atoms with van der Waals surface area (Å²) in [6.07, 6.45) is 1.91. The van der Waals surface area contributed by atoms with Crippen LogP contribution in [0.5, 0.6) is 0 Å². The van der Waals surface area contributed by atoms with Crippen LogP contribution in [-0.2, 0) is 9.59 Å². The molecule has 2 N–H and O–H groups in total. The molecule has 0 fully saturated rings. The number of nitrogens with one attached hydrogen (secondary N) is 2. The second-order valence-electron chi connectivity index (χ2n) is 2.88. The van der Waals surface area contributed by atoms with Crippen LogP contribution in [0.2, 0.25) is 0 Å². The molecule has 4 nitrogen and oxygen atoms in total. The molecule has 0 aliphatic rings. The first-order valence-electron chi connectivity index (χ1n) is 4.42. The van der Waals surface area contributed by atoms with Crippen molar-refractivity contribution in [2.45, 2.75) is 13.3 Å². The van der Waals surface area contributed by atoms with Gasteiger partial charge in [-0.25, -0.2) is 0 Å². The molecule has 0 saturated carbocycles. The predicted molar refractivity (Wildman–Crippen MR) is 55.6 cm³/mol. The fourth-order valence-corrected chi connectivity index (χ4v) is 0.725. The standard InChI is InChI=1S/C10H16N2O2/c1-4-9(13)11-6-5-7-12-10(14)8(2)3/h4H,1-2,5-7H2,3H3,(H,11,13)(H,12,14). The normalized spacial score (nSPS) is 8.93. The zero-order chi connectivity index (χ0) is 11.0. The Hall–Kier alpha value is -1.58. The summed E-state index contributed by atoms with van der Waals surface area (Å²) in [4.78, 5) is 21.7. The zero-order valence-corrected chi connectivity index (χ0v) is 8.43. The van der Waals surface area contributed by atoms with E-state index in [2.05, 4.69) is 23.8 Å². The van der Waals surface area contributed by atoms with Gasteiger partial charge in [-0.2, -0.15) is 0 Å². The highest BCUT2D eigenvalue weighted by molar-refractivity contribution is 5.92. The average Bonchev–Trinajstić information content (AvgIpc) is 2.16. The van der Waals surface area contributed by atoms with Gasteiger partial charge < -0.3 is 10.6 Å². The molecule has 0 aliphatic heterocycles. The van der Waals surface area contributed by atoms with Crippen molar-refractivity contribution >= 4 is 11.8 Å². The molecule has 2 amide bonds. The molecule has 0 aromatic carbocycles. The maximum absolute atomic E-state index is 11.0. The first-order valence-corrected chi connectivity index (χ1v) is 4.42. The van der Waals surface area contributed by atoms with Crippen molar-refractivity contribution in [1.29, 1.82) is 0 Å². The lowest BCUT2D eigenvalue weighted by Gasteiger charge is -2.04. The van der Waals surface area contributed by atoms with E-state index in [1.165, 1.54) is 6.08 Å². The van der Waals surface area contributed by atoms with Gasteiger partial charge in [-0.1, -0.05) is 13.2 Å². The van der Waals surface area contributed by atoms with Crippen molar-refractivity contribution in [3.63, 3.8) is 0 Å². The molecule has 0 radical (unpaired) electrons. The minimum Gasteiger partial charge on any atom is -0.353 e. The van der Waals surface area contributed by atoms with Crippen LogP contribution in [0.1, 0.15) is 13.3 Å². The number of carbonyl (C=O) groups excluding carboxylic acids is 2. The van der Waals surface area contributed by atoms with Crippen LogP contribution in [-0.4, -0.2) is 24.9 Å². The molecule has 14 heavy (non-hydrogen) atoms. The van der Waals surface area contributed by atoms with Crippen LogP contribution in [0.4, 0.5) is 0 Å². The Morgan fingerprint density at radius 2 is 1.86 bits per heavy atom. The van der Waals surface area contributed by atoms with Crippen LogP contribution < -0.4 is 10.6 Å². The van der Waals surface area contributed by atoms with Gasteiger partial charge in [-0.15, -0.1) is 0 Å². The smallest absolute Gasteiger partial charge is 0.246 e. The van der Waals surface area contributed by atoms with Crippen LogP contribution in [0, 0.1) is 0 Å². The number of hydrogen-bond donors (Lipinski definition) is 2. The summed E-state index contributed by atoms with van der Waals surface area (Å²) >= 11 is 0. The molecule has 0 aromatic heterocycles. The Morgan fingerprint density at radius 3 is 2.36 bits per heavy atom. The van der Waals surface area contributed by atoms with Gasteiger partial charge in [-0.05, 0) is 19.4 Å². The highest BCUT2D eigenvalue weighted by Crippen LogP contribution is 1.85. The SMILES string of the molecule is C=CC(=O)NCCCNC(=O)C(=C)C. The van der Waals surface area contributed by atoms with Gasteiger partial charge in [0, 0.05) is 18.7 Å². The molecule has 0 aromatic rings. The fourth-order valence-electron chi connectivity index (χ4n) is 0.725. The van der Waals surface area contributed by atoms with Crippen molar-refractivity contribution in [1.82, 2.24) is 10.6 Å². The third-order valence-corrected chi connectivity index (χ3v) is 1.51. The van der Waals surface area contributed by atoms with Crippen LogP contribution >= 0.6 is 0 Å². The third kappa shape index (κ3) is 5.99. The van der Waals surface area contributed by atoms with Gasteiger partial charge >= 0.3 is 0 Å². The minimum atomic E-state index is -0.198. The van der Waals surface area contributed by atoms with E-state index in [1.807, 2.05) is 0 Å². The Bertz CT molecular complexity index is 247. The van der Waals surface area contributed by atoms with Gasteiger partial charge in [0.25, 0.3) is 0 Å². The molecular formula is C10H16N2O2. The summed E-state index contributed by atoms with van der Waals surface area (Å²) in [6, 6.07) is 0. The van der Waals surface area contributed by atoms with Crippen molar-refractivity contribution in [3.8, 4) is 0 Å². The molecule has 0 aliphatic carbocycles. The second-order valence-corrected chi connectivity index (χ2v) is 2.88. The van der Waals surface area contributed by atoms with Gasteiger partial charge in [0.2, 0.25) is 11.8 Å². The number of amides is 2. The summed E-state index contributed by atoms with van der Waals surface area (Å²) in [7, 11) is 0. The lowest BCUT2D eigenvalue weighted by molar-refractivity contribution is -0.117. The summed E-state index contributed by atoms with van der Waals surface area (Å²) in [5.74, 6) is -0.351. The van der Waals surface area contributed by atoms with Crippen molar-refractivity contribution in [2.24, 2.45) is 0 Å². The molecule has 0 bridgehead atoms. The third-order valence-electron chi connectivity index (χ3n) is 1.51. The van der Waals surface area contributed by atoms with Gasteiger partial charge in [-0.3, -0.25) is 9.59 Å². The van der Waals surface area contributed by atoms with Crippen molar-refractivity contribution < 1.29 is 9.59 Å². The van der Waals surface area contributed by atoms with E-state index in [4.69, 9.17) is 0 Å². The quantitative estimate of drug-likeness (QED) is 0.476. The molecule has 0 saturated heterocycles. The highest BCUT2D eigenvalue weighted by atomic mass is 16.2. The lowest BCUT2D eigenvalue weighted by Crippen LogP contribution is -2.29. The minimum absolute atomic E-state index is 0.153. The highest BCUT2D eigenvalue weighted by Gasteiger charge is 1.99. The predicted octanol–water partition coefficient (Wildman–Crippen LogP) is 0.371. The van der Waals surface area contributed by atoms with Crippen LogP contribution in [0.25, 0.3) is 0 Å². The molecule has 0 spiro atoms. The monoisotopic (exact) mass is 196 g/mol.